The van der Waals surface area contributed by atoms with Crippen LogP contribution in [0.1, 0.15) is 78.2 Å². The molecule has 0 spiro atoms. The second-order valence-electron chi connectivity index (χ2n) is 9.79. The standard InChI is InChI=1S/C29H32N2O6S/c1-4-37-29(35)25-17-8-5-6-11-22(17)38-28(25)31-27(34)23-15(2)30-18-9-7-10-20(33)26(18)24(23)16-12-13-19(32)21(14-16)36-3/h12-14,24,30,32H,4-11H2,1-3H3,(H,31,34). The summed E-state index contributed by atoms with van der Waals surface area (Å²) in [6, 6.07) is 4.90. The number of carbonyl (C=O) groups excluding carboxylic acids is 3. The molecule has 3 N–H and O–H groups in total. The minimum absolute atomic E-state index is 0.00704. The van der Waals surface area contributed by atoms with Crippen molar-refractivity contribution in [1.29, 1.82) is 0 Å². The lowest BCUT2D eigenvalue weighted by Crippen LogP contribution is -2.35. The summed E-state index contributed by atoms with van der Waals surface area (Å²) in [6.07, 6.45) is 5.54. The molecular formula is C29H32N2O6S. The van der Waals surface area contributed by atoms with Crippen LogP contribution in [0, 0.1) is 0 Å². The van der Waals surface area contributed by atoms with Gasteiger partial charge in [0.05, 0.1) is 19.3 Å². The number of amides is 1. The molecular weight excluding hydrogens is 504 g/mol. The molecule has 200 valence electrons. The highest BCUT2D eigenvalue weighted by molar-refractivity contribution is 7.17. The van der Waals surface area contributed by atoms with E-state index in [9.17, 15) is 19.5 Å². The van der Waals surface area contributed by atoms with Crippen LogP contribution in [-0.4, -0.2) is 36.5 Å². The number of methoxy groups -OCH3 is 1. The predicted octanol–water partition coefficient (Wildman–Crippen LogP) is 5.12. The van der Waals surface area contributed by atoms with Crippen molar-refractivity contribution < 1.29 is 29.0 Å². The van der Waals surface area contributed by atoms with Crippen molar-refractivity contribution in [2.75, 3.05) is 19.0 Å². The maximum atomic E-state index is 14.0. The third-order valence-corrected chi connectivity index (χ3v) is 8.64. The maximum absolute atomic E-state index is 14.0. The average Bonchev–Trinajstić information content (AvgIpc) is 3.26. The third kappa shape index (κ3) is 4.60. The van der Waals surface area contributed by atoms with E-state index in [-0.39, 0.29) is 29.8 Å². The van der Waals surface area contributed by atoms with Gasteiger partial charge in [0.1, 0.15) is 5.00 Å². The molecule has 8 nitrogen and oxygen atoms in total. The lowest BCUT2D eigenvalue weighted by atomic mass is 9.75. The molecule has 1 aromatic carbocycles. The normalized spacial score (nSPS) is 18.9. The number of Topliss-reactive ketones (excluding diaryl/α,β-unsaturated/α-hetero) is 1. The number of phenols is 1. The fraction of sp³-hybridized carbons (Fsp3) is 0.414. The smallest absolute Gasteiger partial charge is 0.341 e. The fourth-order valence-electron chi connectivity index (χ4n) is 5.74. The predicted molar refractivity (Wildman–Crippen MR) is 145 cm³/mol. The Morgan fingerprint density at radius 2 is 1.95 bits per heavy atom. The Kier molecular flexibility index (Phi) is 7.29. The number of aryl methyl sites for hydroxylation is 1. The third-order valence-electron chi connectivity index (χ3n) is 7.44. The van der Waals surface area contributed by atoms with Crippen LogP contribution in [0.5, 0.6) is 11.5 Å². The largest absolute Gasteiger partial charge is 0.504 e. The number of anilines is 1. The van der Waals surface area contributed by atoms with Crippen LogP contribution < -0.4 is 15.4 Å². The van der Waals surface area contributed by atoms with Gasteiger partial charge in [-0.05, 0) is 75.6 Å². The van der Waals surface area contributed by atoms with Crippen molar-refractivity contribution in [2.45, 2.75) is 64.7 Å². The van der Waals surface area contributed by atoms with Gasteiger partial charge < -0.3 is 25.2 Å². The van der Waals surface area contributed by atoms with Gasteiger partial charge in [0.15, 0.2) is 17.3 Å². The van der Waals surface area contributed by atoms with E-state index in [4.69, 9.17) is 9.47 Å². The van der Waals surface area contributed by atoms with Crippen LogP contribution in [0.3, 0.4) is 0 Å². The summed E-state index contributed by atoms with van der Waals surface area (Å²) in [5.74, 6) is -1.23. The number of aromatic hydroxyl groups is 1. The summed E-state index contributed by atoms with van der Waals surface area (Å²) >= 11 is 1.43. The molecule has 1 unspecified atom stereocenters. The minimum atomic E-state index is -0.644. The molecule has 1 atom stereocenters. The van der Waals surface area contributed by atoms with Crippen LogP contribution in [-0.2, 0) is 27.2 Å². The van der Waals surface area contributed by atoms with E-state index in [1.54, 1.807) is 19.1 Å². The number of esters is 1. The number of ketones is 1. The topological polar surface area (TPSA) is 114 Å². The molecule has 1 aromatic heterocycles. The Morgan fingerprint density at radius 3 is 2.71 bits per heavy atom. The summed E-state index contributed by atoms with van der Waals surface area (Å²) in [6.45, 7) is 3.84. The second kappa shape index (κ2) is 10.6. The molecule has 3 aliphatic rings. The fourth-order valence-corrected chi connectivity index (χ4v) is 7.01. The first kappa shape index (κ1) is 26.0. The van der Waals surface area contributed by atoms with Gasteiger partial charge in [-0.25, -0.2) is 4.79 Å². The van der Waals surface area contributed by atoms with Crippen molar-refractivity contribution in [3.63, 3.8) is 0 Å². The van der Waals surface area contributed by atoms with Gasteiger partial charge in [-0.1, -0.05) is 6.07 Å². The molecule has 2 aliphatic carbocycles. The number of rotatable bonds is 6. The van der Waals surface area contributed by atoms with E-state index in [1.807, 2.05) is 6.92 Å². The molecule has 2 heterocycles. The Bertz CT molecular complexity index is 1390. The first-order valence-electron chi connectivity index (χ1n) is 13.1. The van der Waals surface area contributed by atoms with Crippen LogP contribution in [0.15, 0.2) is 40.7 Å². The number of nitrogens with one attached hydrogen (secondary N) is 2. The Hall–Kier alpha value is -3.59. The highest BCUT2D eigenvalue weighted by atomic mass is 32.1. The molecule has 0 bridgehead atoms. The monoisotopic (exact) mass is 536 g/mol. The molecule has 38 heavy (non-hydrogen) atoms. The minimum Gasteiger partial charge on any atom is -0.504 e. The van der Waals surface area contributed by atoms with E-state index in [2.05, 4.69) is 10.6 Å². The van der Waals surface area contributed by atoms with Crippen LogP contribution in [0.25, 0.3) is 0 Å². The molecule has 5 rings (SSSR count). The van der Waals surface area contributed by atoms with Crippen molar-refractivity contribution in [1.82, 2.24) is 5.32 Å². The van der Waals surface area contributed by atoms with Gasteiger partial charge in [0.2, 0.25) is 0 Å². The number of benzene rings is 1. The first-order chi connectivity index (χ1) is 18.3. The quantitative estimate of drug-likeness (QED) is 0.439. The van der Waals surface area contributed by atoms with E-state index in [1.165, 1.54) is 24.5 Å². The number of phenolic OH excluding ortho intramolecular Hbond substituents is 1. The Morgan fingerprint density at radius 1 is 1.16 bits per heavy atom. The van der Waals surface area contributed by atoms with Gasteiger partial charge in [-0.2, -0.15) is 0 Å². The summed E-state index contributed by atoms with van der Waals surface area (Å²) in [4.78, 5) is 41.3. The molecule has 0 fully saturated rings. The number of dihydropyridines is 1. The molecule has 2 aromatic rings. The number of hydrogen-bond donors (Lipinski definition) is 3. The second-order valence-corrected chi connectivity index (χ2v) is 10.9. The average molecular weight is 537 g/mol. The molecule has 0 saturated carbocycles. The maximum Gasteiger partial charge on any atom is 0.341 e. The highest BCUT2D eigenvalue weighted by Crippen LogP contribution is 2.45. The Balaban J connectivity index is 1.58. The number of hydrogen-bond acceptors (Lipinski definition) is 8. The number of ether oxygens (including phenoxy) is 2. The lowest BCUT2D eigenvalue weighted by molar-refractivity contribution is -0.116. The highest BCUT2D eigenvalue weighted by Gasteiger charge is 2.39. The van der Waals surface area contributed by atoms with Crippen molar-refractivity contribution in [2.24, 2.45) is 0 Å². The zero-order chi connectivity index (χ0) is 27.0. The van der Waals surface area contributed by atoms with Gasteiger partial charge in [0.25, 0.3) is 5.91 Å². The summed E-state index contributed by atoms with van der Waals surface area (Å²) in [5, 5.41) is 17.0. The lowest BCUT2D eigenvalue weighted by Gasteiger charge is -2.34. The molecule has 9 heteroatoms. The van der Waals surface area contributed by atoms with Gasteiger partial charge in [-0.3, -0.25) is 9.59 Å². The molecule has 0 saturated heterocycles. The molecule has 1 aliphatic heterocycles. The first-order valence-corrected chi connectivity index (χ1v) is 13.9. The van der Waals surface area contributed by atoms with E-state index < -0.39 is 11.9 Å². The number of thiophene rings is 1. The van der Waals surface area contributed by atoms with Gasteiger partial charge >= 0.3 is 5.97 Å². The number of allylic oxidation sites excluding steroid dienone is 3. The summed E-state index contributed by atoms with van der Waals surface area (Å²) in [7, 11) is 1.46. The van der Waals surface area contributed by atoms with E-state index in [0.29, 0.717) is 45.8 Å². The van der Waals surface area contributed by atoms with Gasteiger partial charge in [-0.15, -0.1) is 11.3 Å². The Labute approximate surface area is 225 Å². The van der Waals surface area contributed by atoms with Crippen molar-refractivity contribution >= 4 is 34.0 Å². The zero-order valence-corrected chi connectivity index (χ0v) is 22.7. The van der Waals surface area contributed by atoms with Crippen LogP contribution in [0.4, 0.5) is 5.00 Å². The molecule has 1 amide bonds. The van der Waals surface area contributed by atoms with Crippen molar-refractivity contribution in [3.8, 4) is 11.5 Å². The number of fused-ring (bicyclic) bond motifs is 1. The zero-order valence-electron chi connectivity index (χ0n) is 21.9. The summed E-state index contributed by atoms with van der Waals surface area (Å²) < 4.78 is 10.7. The number of carbonyl (C=O) groups is 3. The molecule has 0 radical (unpaired) electrons. The van der Waals surface area contributed by atoms with Crippen LogP contribution in [0.2, 0.25) is 0 Å². The van der Waals surface area contributed by atoms with Crippen molar-refractivity contribution in [3.05, 3.63) is 62.3 Å². The van der Waals surface area contributed by atoms with Gasteiger partial charge in [0, 0.05) is 39.8 Å². The summed E-state index contributed by atoms with van der Waals surface area (Å²) in [5.41, 5.74) is 4.51. The van der Waals surface area contributed by atoms with E-state index in [0.717, 1.165) is 48.2 Å². The van der Waals surface area contributed by atoms with Crippen LogP contribution >= 0.6 is 11.3 Å². The van der Waals surface area contributed by atoms with E-state index >= 15 is 0 Å². The SMILES string of the molecule is CCOC(=O)c1c(NC(=O)C2=C(C)NC3=C(C(=O)CCC3)C2c2ccc(O)c(OC)c2)sc2c1CCCC2.